The van der Waals surface area contributed by atoms with Crippen LogP contribution in [0.2, 0.25) is 0 Å². The summed E-state index contributed by atoms with van der Waals surface area (Å²) >= 11 is 1.80. The smallest absolute Gasteiger partial charge is 0.191 e. The van der Waals surface area contributed by atoms with Gasteiger partial charge in [0.1, 0.15) is 0 Å². The van der Waals surface area contributed by atoms with Crippen LogP contribution in [-0.4, -0.2) is 63.1 Å². The van der Waals surface area contributed by atoms with Crippen LogP contribution in [0.5, 0.6) is 0 Å². The monoisotopic (exact) mass is 527 g/mol. The molecular weight excluding hydrogens is 493 g/mol. The standard InChI is InChI=1S/C22H33N5S.HI/c1-23-22(25-17-20(26(2)3)21-12-9-15-28-21)24-16-19(27-13-7-8-14-27)18-10-5-4-6-11-18;/h4-6,9-12,15,19-20H,7-8,13-14,16-17H2,1-3H3,(H2,23,24,25);1H. The third kappa shape index (κ3) is 6.94. The number of benzene rings is 1. The highest BCUT2D eigenvalue weighted by Crippen LogP contribution is 2.24. The van der Waals surface area contributed by atoms with Crippen LogP contribution in [0, 0.1) is 0 Å². The fraction of sp³-hybridized carbons (Fsp3) is 0.500. The van der Waals surface area contributed by atoms with Crippen molar-refractivity contribution in [1.29, 1.82) is 0 Å². The summed E-state index contributed by atoms with van der Waals surface area (Å²) in [5.74, 6) is 0.864. The van der Waals surface area contributed by atoms with Crippen molar-refractivity contribution in [2.24, 2.45) is 4.99 Å². The normalized spacial score (nSPS) is 17.0. The summed E-state index contributed by atoms with van der Waals surface area (Å²) in [5, 5.41) is 9.23. The van der Waals surface area contributed by atoms with Gasteiger partial charge in [0.15, 0.2) is 5.96 Å². The average Bonchev–Trinajstić information content (AvgIpc) is 3.42. The zero-order valence-electron chi connectivity index (χ0n) is 17.7. The van der Waals surface area contributed by atoms with Gasteiger partial charge in [0.05, 0.1) is 12.1 Å². The van der Waals surface area contributed by atoms with Crippen molar-refractivity contribution in [3.63, 3.8) is 0 Å². The number of guanidine groups is 1. The Morgan fingerprint density at radius 2 is 1.76 bits per heavy atom. The van der Waals surface area contributed by atoms with E-state index >= 15 is 0 Å². The molecule has 0 spiro atoms. The largest absolute Gasteiger partial charge is 0.354 e. The fourth-order valence-corrected chi connectivity index (χ4v) is 4.73. The summed E-state index contributed by atoms with van der Waals surface area (Å²) < 4.78 is 0. The van der Waals surface area contributed by atoms with Gasteiger partial charge in [-0.05, 0) is 57.0 Å². The number of aliphatic imine (C=N–C) groups is 1. The van der Waals surface area contributed by atoms with E-state index in [-0.39, 0.29) is 24.0 Å². The molecule has 1 saturated heterocycles. The molecule has 2 unspecified atom stereocenters. The molecule has 1 aromatic carbocycles. The lowest BCUT2D eigenvalue weighted by Crippen LogP contribution is -2.44. The van der Waals surface area contributed by atoms with E-state index in [2.05, 4.69) is 87.4 Å². The molecule has 0 radical (unpaired) electrons. The quantitative estimate of drug-likeness (QED) is 0.310. The fourth-order valence-electron chi connectivity index (χ4n) is 3.81. The highest BCUT2D eigenvalue weighted by Gasteiger charge is 2.23. The van der Waals surface area contributed by atoms with Crippen LogP contribution in [0.3, 0.4) is 0 Å². The molecule has 5 nitrogen and oxygen atoms in total. The van der Waals surface area contributed by atoms with Gasteiger partial charge in [-0.2, -0.15) is 0 Å². The first-order valence-electron chi connectivity index (χ1n) is 10.1. The van der Waals surface area contributed by atoms with Gasteiger partial charge in [0.2, 0.25) is 0 Å². The zero-order valence-corrected chi connectivity index (χ0v) is 20.8. The molecule has 160 valence electrons. The number of thiophene rings is 1. The Balaban J connectivity index is 0.00000300. The zero-order chi connectivity index (χ0) is 19.8. The van der Waals surface area contributed by atoms with Gasteiger partial charge < -0.3 is 15.5 Å². The number of nitrogens with zero attached hydrogens (tertiary/aromatic N) is 3. The molecule has 0 amide bonds. The molecule has 2 aromatic rings. The third-order valence-corrected chi connectivity index (χ3v) is 6.38. The van der Waals surface area contributed by atoms with Gasteiger partial charge >= 0.3 is 0 Å². The lowest BCUT2D eigenvalue weighted by molar-refractivity contribution is 0.245. The summed E-state index contributed by atoms with van der Waals surface area (Å²) in [6.45, 7) is 4.03. The van der Waals surface area contributed by atoms with Crippen molar-refractivity contribution in [2.45, 2.75) is 24.9 Å². The van der Waals surface area contributed by atoms with E-state index in [0.717, 1.165) is 19.0 Å². The van der Waals surface area contributed by atoms with Crippen molar-refractivity contribution >= 4 is 41.3 Å². The van der Waals surface area contributed by atoms with E-state index in [1.807, 2.05) is 7.05 Å². The van der Waals surface area contributed by atoms with Gasteiger partial charge in [-0.3, -0.25) is 9.89 Å². The molecule has 29 heavy (non-hydrogen) atoms. The summed E-state index contributed by atoms with van der Waals surface area (Å²) in [7, 11) is 6.10. The van der Waals surface area contributed by atoms with Crippen molar-refractivity contribution < 1.29 is 0 Å². The lowest BCUT2D eigenvalue weighted by atomic mass is 10.1. The number of hydrogen-bond acceptors (Lipinski definition) is 4. The lowest BCUT2D eigenvalue weighted by Gasteiger charge is -2.29. The second-order valence-corrected chi connectivity index (χ2v) is 8.48. The summed E-state index contributed by atoms with van der Waals surface area (Å²) in [5.41, 5.74) is 1.37. The third-order valence-electron chi connectivity index (χ3n) is 5.41. The van der Waals surface area contributed by atoms with Gasteiger partial charge in [-0.1, -0.05) is 36.4 Å². The SMILES string of the molecule is CN=C(NCC(c1cccs1)N(C)C)NCC(c1ccccc1)N1CCCC1.I. The minimum absolute atomic E-state index is 0. The second kappa shape index (κ2) is 12.5. The van der Waals surface area contributed by atoms with Crippen molar-refractivity contribution in [2.75, 3.05) is 47.3 Å². The Morgan fingerprint density at radius 1 is 1.07 bits per heavy atom. The number of rotatable bonds is 8. The average molecular weight is 528 g/mol. The Bertz CT molecular complexity index is 714. The molecule has 2 atom stereocenters. The molecule has 0 aliphatic carbocycles. The van der Waals surface area contributed by atoms with Crippen molar-refractivity contribution in [3.05, 3.63) is 58.3 Å². The minimum atomic E-state index is 0. The molecule has 7 heteroatoms. The number of halogens is 1. The summed E-state index contributed by atoms with van der Waals surface area (Å²) in [4.78, 5) is 10.7. The molecule has 1 aliphatic heterocycles. The number of likely N-dealkylation sites (N-methyl/N-ethyl adjacent to an activating group) is 1. The van der Waals surface area contributed by atoms with E-state index in [1.165, 1.54) is 36.4 Å². The molecule has 0 bridgehead atoms. The first-order valence-corrected chi connectivity index (χ1v) is 11.0. The predicted molar refractivity (Wildman–Crippen MR) is 136 cm³/mol. The van der Waals surface area contributed by atoms with Crippen molar-refractivity contribution in [1.82, 2.24) is 20.4 Å². The second-order valence-electron chi connectivity index (χ2n) is 7.50. The Labute approximate surface area is 196 Å². The van der Waals surface area contributed by atoms with E-state index in [9.17, 15) is 0 Å². The summed E-state index contributed by atoms with van der Waals surface area (Å²) in [6, 6.07) is 15.9. The highest BCUT2D eigenvalue weighted by atomic mass is 127. The van der Waals surface area contributed by atoms with Crippen LogP contribution in [-0.2, 0) is 0 Å². The molecule has 3 rings (SSSR count). The van der Waals surface area contributed by atoms with Crippen LogP contribution >= 0.6 is 35.3 Å². The van der Waals surface area contributed by atoms with Gasteiger partial charge in [0.25, 0.3) is 0 Å². The first kappa shape index (κ1) is 24.1. The van der Waals surface area contributed by atoms with Crippen LogP contribution in [0.1, 0.15) is 35.4 Å². The van der Waals surface area contributed by atoms with Crippen LogP contribution in [0.25, 0.3) is 0 Å². The Hall–Kier alpha value is -1.16. The molecule has 2 N–H and O–H groups in total. The maximum atomic E-state index is 4.45. The number of likely N-dealkylation sites (tertiary alicyclic amines) is 1. The molecule has 0 saturated carbocycles. The topological polar surface area (TPSA) is 42.9 Å². The van der Waals surface area contributed by atoms with E-state index in [0.29, 0.717) is 12.1 Å². The van der Waals surface area contributed by atoms with Crippen molar-refractivity contribution in [3.8, 4) is 0 Å². The van der Waals surface area contributed by atoms with Gasteiger partial charge in [-0.25, -0.2) is 0 Å². The molecule has 2 heterocycles. The number of nitrogens with one attached hydrogen (secondary N) is 2. The summed E-state index contributed by atoms with van der Waals surface area (Å²) in [6.07, 6.45) is 2.59. The predicted octanol–water partition coefficient (Wildman–Crippen LogP) is 3.97. The number of hydrogen-bond donors (Lipinski definition) is 2. The maximum Gasteiger partial charge on any atom is 0.191 e. The van der Waals surface area contributed by atoms with Crippen LogP contribution in [0.4, 0.5) is 0 Å². The molecule has 1 aromatic heterocycles. The molecule has 1 fully saturated rings. The van der Waals surface area contributed by atoms with Gasteiger partial charge in [0, 0.05) is 25.0 Å². The molecule has 1 aliphatic rings. The van der Waals surface area contributed by atoms with Gasteiger partial charge in [-0.15, -0.1) is 35.3 Å². The van der Waals surface area contributed by atoms with E-state index in [4.69, 9.17) is 0 Å². The van der Waals surface area contributed by atoms with E-state index < -0.39 is 0 Å². The van der Waals surface area contributed by atoms with Crippen LogP contribution < -0.4 is 10.6 Å². The Kier molecular flexibility index (Phi) is 10.4. The first-order chi connectivity index (χ1) is 13.7. The van der Waals surface area contributed by atoms with Crippen LogP contribution in [0.15, 0.2) is 52.8 Å². The Morgan fingerprint density at radius 3 is 2.34 bits per heavy atom. The minimum Gasteiger partial charge on any atom is -0.354 e. The van der Waals surface area contributed by atoms with E-state index in [1.54, 1.807) is 11.3 Å². The highest BCUT2D eigenvalue weighted by molar-refractivity contribution is 14.0. The maximum absolute atomic E-state index is 4.45. The molecular formula is C22H34IN5S.